The van der Waals surface area contributed by atoms with Gasteiger partial charge in [0.05, 0.1) is 22.1 Å². The third kappa shape index (κ3) is 3.92. The number of aromatic nitrogens is 2. The second kappa shape index (κ2) is 10.0. The van der Waals surface area contributed by atoms with E-state index in [9.17, 15) is 4.39 Å². The van der Waals surface area contributed by atoms with Crippen LogP contribution >= 0.6 is 0 Å². The van der Waals surface area contributed by atoms with E-state index in [2.05, 4.69) is 115 Å². The third-order valence-corrected chi connectivity index (χ3v) is 10.6. The fourth-order valence-electron chi connectivity index (χ4n) is 8.34. The van der Waals surface area contributed by atoms with Crippen molar-refractivity contribution >= 4 is 43.6 Å². The van der Waals surface area contributed by atoms with Gasteiger partial charge in [0.1, 0.15) is 5.82 Å². The van der Waals surface area contributed by atoms with E-state index >= 15 is 4.39 Å². The summed E-state index contributed by atoms with van der Waals surface area (Å²) in [6.45, 7) is 4.64. The van der Waals surface area contributed by atoms with Crippen LogP contribution in [-0.2, 0) is 5.41 Å². The molecule has 0 bridgehead atoms. The van der Waals surface area contributed by atoms with Crippen LogP contribution in [-0.4, -0.2) is 9.13 Å². The van der Waals surface area contributed by atoms with Crippen molar-refractivity contribution in [1.82, 2.24) is 9.13 Å². The molecule has 0 spiro atoms. The zero-order valence-corrected chi connectivity index (χ0v) is 27.0. The molecule has 2 heterocycles. The van der Waals surface area contributed by atoms with Crippen molar-refractivity contribution in [2.75, 3.05) is 0 Å². The summed E-state index contributed by atoms with van der Waals surface area (Å²) < 4.78 is 34.5. The molecule has 0 unspecified atom stereocenters. The molecule has 2 aromatic heterocycles. The maximum atomic E-state index is 15.5. The Balaban J connectivity index is 1.24. The molecule has 2 nitrogen and oxygen atoms in total. The Morgan fingerprint density at radius 1 is 0.449 bits per heavy atom. The van der Waals surface area contributed by atoms with Gasteiger partial charge in [0.2, 0.25) is 0 Å². The highest BCUT2D eigenvalue weighted by molar-refractivity contribution is 6.14. The molecule has 49 heavy (non-hydrogen) atoms. The average Bonchev–Trinajstić information content (AvgIpc) is 3.71. The summed E-state index contributed by atoms with van der Waals surface area (Å²) in [7, 11) is 0. The zero-order chi connectivity index (χ0) is 33.0. The number of fused-ring (bicyclic) bond motifs is 9. The molecular weight excluding hydrogens is 607 g/mol. The molecule has 0 N–H and O–H groups in total. The fourth-order valence-corrected chi connectivity index (χ4v) is 8.34. The van der Waals surface area contributed by atoms with Gasteiger partial charge in [-0.3, -0.25) is 0 Å². The first kappa shape index (κ1) is 28.1. The van der Waals surface area contributed by atoms with Crippen LogP contribution in [0.4, 0.5) is 8.78 Å². The second-order valence-electron chi connectivity index (χ2n) is 13.7. The van der Waals surface area contributed by atoms with E-state index in [4.69, 9.17) is 0 Å². The van der Waals surface area contributed by atoms with Gasteiger partial charge >= 0.3 is 0 Å². The first-order valence-corrected chi connectivity index (χ1v) is 16.7. The van der Waals surface area contributed by atoms with Crippen LogP contribution in [0.15, 0.2) is 146 Å². The molecular formula is C45H30F2N2. The Kier molecular flexibility index (Phi) is 5.73. The quantitative estimate of drug-likeness (QED) is 0.183. The van der Waals surface area contributed by atoms with E-state index in [1.165, 1.54) is 39.2 Å². The molecule has 0 saturated heterocycles. The maximum absolute atomic E-state index is 15.5. The molecule has 234 valence electrons. The molecule has 0 saturated carbocycles. The van der Waals surface area contributed by atoms with E-state index < -0.39 is 11.6 Å². The first-order chi connectivity index (χ1) is 23.9. The number of hydrogen-bond donors (Lipinski definition) is 0. The summed E-state index contributed by atoms with van der Waals surface area (Å²) in [5.74, 6) is -1.17. The van der Waals surface area contributed by atoms with Crippen LogP contribution < -0.4 is 0 Å². The van der Waals surface area contributed by atoms with E-state index in [0.29, 0.717) is 10.9 Å². The van der Waals surface area contributed by atoms with Gasteiger partial charge < -0.3 is 9.13 Å². The van der Waals surface area contributed by atoms with Gasteiger partial charge in [0.15, 0.2) is 5.82 Å². The minimum atomic E-state index is -0.588. The van der Waals surface area contributed by atoms with Crippen molar-refractivity contribution in [2.24, 2.45) is 0 Å². The van der Waals surface area contributed by atoms with Crippen LogP contribution in [0, 0.1) is 11.6 Å². The smallest absolute Gasteiger partial charge is 0.150 e. The molecule has 1 aliphatic carbocycles. The number of rotatable bonds is 3. The lowest BCUT2D eigenvalue weighted by molar-refractivity contribution is 0.590. The number of nitrogens with zero attached hydrogens (tertiary/aromatic N) is 2. The molecule has 0 fully saturated rings. The van der Waals surface area contributed by atoms with Gasteiger partial charge in [-0.05, 0) is 100 Å². The minimum absolute atomic E-state index is 0.115. The lowest BCUT2D eigenvalue weighted by atomic mass is 9.82. The molecule has 10 rings (SSSR count). The van der Waals surface area contributed by atoms with E-state index in [1.807, 2.05) is 41.0 Å². The highest BCUT2D eigenvalue weighted by atomic mass is 19.1. The lowest BCUT2D eigenvalue weighted by Gasteiger charge is -2.21. The highest BCUT2D eigenvalue weighted by Gasteiger charge is 2.36. The predicted molar refractivity (Wildman–Crippen MR) is 198 cm³/mol. The van der Waals surface area contributed by atoms with Gasteiger partial charge in [0.25, 0.3) is 0 Å². The number of hydrogen-bond acceptors (Lipinski definition) is 0. The van der Waals surface area contributed by atoms with Crippen molar-refractivity contribution < 1.29 is 8.78 Å². The molecule has 4 heteroatoms. The Morgan fingerprint density at radius 3 is 1.71 bits per heavy atom. The van der Waals surface area contributed by atoms with Gasteiger partial charge in [-0.2, -0.15) is 0 Å². The molecule has 7 aromatic carbocycles. The van der Waals surface area contributed by atoms with E-state index in [1.54, 1.807) is 0 Å². The van der Waals surface area contributed by atoms with Crippen LogP contribution in [0.5, 0.6) is 0 Å². The normalized spacial score (nSPS) is 13.5. The summed E-state index contributed by atoms with van der Waals surface area (Å²) in [6, 6.07) is 49.0. The van der Waals surface area contributed by atoms with E-state index in [0.717, 1.165) is 50.4 Å². The second-order valence-corrected chi connectivity index (χ2v) is 13.7. The van der Waals surface area contributed by atoms with Crippen molar-refractivity contribution in [3.8, 4) is 33.6 Å². The van der Waals surface area contributed by atoms with Crippen molar-refractivity contribution in [1.29, 1.82) is 0 Å². The fraction of sp³-hybridized carbons (Fsp3) is 0.0667. The number of benzene rings is 7. The zero-order valence-electron chi connectivity index (χ0n) is 27.0. The first-order valence-electron chi connectivity index (χ1n) is 16.7. The molecule has 0 amide bonds. The van der Waals surface area contributed by atoms with Gasteiger partial charge in [-0.1, -0.05) is 86.6 Å². The van der Waals surface area contributed by atoms with Gasteiger partial charge in [-0.15, -0.1) is 0 Å². The third-order valence-electron chi connectivity index (χ3n) is 10.6. The van der Waals surface area contributed by atoms with Gasteiger partial charge in [-0.25, -0.2) is 8.78 Å². The molecule has 0 aliphatic heterocycles. The van der Waals surface area contributed by atoms with E-state index in [-0.39, 0.29) is 5.41 Å². The minimum Gasteiger partial charge on any atom is -0.309 e. The van der Waals surface area contributed by atoms with Crippen molar-refractivity contribution in [2.45, 2.75) is 19.3 Å². The predicted octanol–water partition coefficient (Wildman–Crippen LogP) is 12.1. The van der Waals surface area contributed by atoms with Crippen LogP contribution in [0.2, 0.25) is 0 Å². The highest BCUT2D eigenvalue weighted by Crippen LogP contribution is 2.51. The van der Waals surface area contributed by atoms with Crippen LogP contribution in [0.3, 0.4) is 0 Å². The summed E-state index contributed by atoms with van der Waals surface area (Å²) in [4.78, 5) is 0. The van der Waals surface area contributed by atoms with Crippen molar-refractivity contribution in [3.05, 3.63) is 168 Å². The molecule has 1 aliphatic rings. The summed E-state index contributed by atoms with van der Waals surface area (Å²) in [5.41, 5.74) is 12.6. The molecule has 0 atom stereocenters. The summed E-state index contributed by atoms with van der Waals surface area (Å²) >= 11 is 0. The SMILES string of the molecule is CC1(C)c2ccccc2-c2cc3c4cc(-c5ccc6c(c5)c5cc(F)cc(F)c5n6-c5ccccc5)ccc4n(-c4ccccc4)c3cc21. The average molecular weight is 637 g/mol. The number of para-hydroxylation sites is 2. The molecule has 0 radical (unpaired) electrons. The van der Waals surface area contributed by atoms with Crippen LogP contribution in [0.1, 0.15) is 25.0 Å². The monoisotopic (exact) mass is 636 g/mol. The Morgan fingerprint density at radius 2 is 1.02 bits per heavy atom. The molecule has 9 aromatic rings. The number of halogens is 2. The summed E-state index contributed by atoms with van der Waals surface area (Å²) in [5, 5.41) is 3.71. The Bertz CT molecular complexity index is 2800. The summed E-state index contributed by atoms with van der Waals surface area (Å²) in [6.07, 6.45) is 0. The maximum Gasteiger partial charge on any atom is 0.150 e. The lowest BCUT2D eigenvalue weighted by Crippen LogP contribution is -2.14. The topological polar surface area (TPSA) is 9.86 Å². The van der Waals surface area contributed by atoms with Crippen molar-refractivity contribution in [3.63, 3.8) is 0 Å². The largest absolute Gasteiger partial charge is 0.309 e. The van der Waals surface area contributed by atoms with Crippen LogP contribution in [0.25, 0.3) is 77.2 Å². The Hall–Kier alpha value is -6.00. The van der Waals surface area contributed by atoms with Gasteiger partial charge in [0, 0.05) is 44.4 Å². The standard InChI is InChI=1S/C45H30F2N2/c1-45(2)38-16-10-9-15-32(38)33-25-36-34-21-27(17-19-41(34)48(43(36)26-39(33)45)30-11-5-3-6-12-30)28-18-20-42-35(22-28)37-23-29(46)24-40(47)44(37)49(42)31-13-7-4-8-14-31/h3-26H,1-2H3. The Labute approximate surface area is 282 Å².